The van der Waals surface area contributed by atoms with Crippen molar-refractivity contribution in [2.24, 2.45) is 0 Å². The Hall–Kier alpha value is -3.55. The maximum Gasteiger partial charge on any atom is 0.306 e. The first kappa shape index (κ1) is 21.2. The highest BCUT2D eigenvalue weighted by atomic mass is 16.6. The Kier molecular flexibility index (Phi) is 6.90. The lowest BCUT2D eigenvalue weighted by atomic mass is 10.2. The Labute approximate surface area is 173 Å². The zero-order valence-corrected chi connectivity index (χ0v) is 16.7. The third-order valence-corrected chi connectivity index (χ3v) is 4.77. The number of nitro groups is 1. The van der Waals surface area contributed by atoms with E-state index < -0.39 is 10.9 Å². The molecule has 0 radical (unpaired) electrons. The molecule has 0 unspecified atom stereocenters. The fourth-order valence-electron chi connectivity index (χ4n) is 3.12. The summed E-state index contributed by atoms with van der Waals surface area (Å²) in [6, 6.07) is 13.3. The largest absolute Gasteiger partial charge is 0.461 e. The van der Waals surface area contributed by atoms with Crippen LogP contribution in [0.4, 0.5) is 5.69 Å². The molecule has 0 atom stereocenters. The molecule has 3 aromatic rings. The molecule has 0 fully saturated rings. The second-order valence-electron chi connectivity index (χ2n) is 6.94. The van der Waals surface area contributed by atoms with Crippen molar-refractivity contribution in [1.82, 2.24) is 9.55 Å². The average Bonchev–Trinajstić information content (AvgIpc) is 2.76. The van der Waals surface area contributed by atoms with Crippen LogP contribution in [-0.4, -0.2) is 20.4 Å². The molecule has 0 aliphatic heterocycles. The number of unbranched alkanes of at least 4 members (excludes halogenated alkanes) is 1. The predicted molar refractivity (Wildman–Crippen MR) is 112 cm³/mol. The third-order valence-electron chi connectivity index (χ3n) is 4.77. The van der Waals surface area contributed by atoms with Gasteiger partial charge in [0.2, 0.25) is 0 Å². The summed E-state index contributed by atoms with van der Waals surface area (Å²) in [6.45, 7) is 2.69. The minimum Gasteiger partial charge on any atom is -0.461 e. The number of benzene rings is 2. The summed E-state index contributed by atoms with van der Waals surface area (Å²) in [5, 5.41) is 10.7. The van der Waals surface area contributed by atoms with Crippen molar-refractivity contribution in [3.05, 3.63) is 80.3 Å². The summed E-state index contributed by atoms with van der Waals surface area (Å²) in [5.41, 5.74) is 2.32. The summed E-state index contributed by atoms with van der Waals surface area (Å²) < 4.78 is 6.95. The molecule has 3 rings (SSSR count). The Balaban J connectivity index is 1.66. The number of nitrogens with zero attached hydrogens (tertiary/aromatic N) is 3. The number of non-ortho nitro benzene ring substituents is 1. The van der Waals surface area contributed by atoms with Crippen LogP contribution in [0.25, 0.3) is 11.0 Å². The zero-order chi connectivity index (χ0) is 21.5. The van der Waals surface area contributed by atoms with Gasteiger partial charge in [-0.1, -0.05) is 25.5 Å². The number of nitro benzene ring substituents is 1. The molecule has 0 bridgehead atoms. The summed E-state index contributed by atoms with van der Waals surface area (Å²) in [6.07, 6.45) is 2.06. The van der Waals surface area contributed by atoms with Crippen LogP contribution in [0, 0.1) is 10.1 Å². The molecular weight excluding hydrogens is 386 g/mol. The number of aryl methyl sites for hydroxylation is 2. The summed E-state index contributed by atoms with van der Waals surface area (Å²) in [7, 11) is 0. The SMILES string of the molecule is CCCCn1c(=O)c(CCC(=O)OCc2ccc([N+](=O)[O-])cc2)nc2ccccc21. The monoisotopic (exact) mass is 409 g/mol. The average molecular weight is 409 g/mol. The van der Waals surface area contributed by atoms with E-state index in [-0.39, 0.29) is 30.7 Å². The number of fused-ring (bicyclic) bond motifs is 1. The number of carbonyl (C=O) groups excluding carboxylic acids is 1. The van der Waals surface area contributed by atoms with Crippen LogP contribution in [0.1, 0.15) is 37.4 Å². The molecule has 1 heterocycles. The van der Waals surface area contributed by atoms with Crippen LogP contribution in [0.5, 0.6) is 0 Å². The first-order chi connectivity index (χ1) is 14.5. The van der Waals surface area contributed by atoms with E-state index in [1.54, 1.807) is 16.7 Å². The number of ether oxygens (including phenoxy) is 1. The van der Waals surface area contributed by atoms with Gasteiger partial charge in [0.05, 0.1) is 22.4 Å². The fourth-order valence-corrected chi connectivity index (χ4v) is 3.12. The molecule has 0 saturated heterocycles. The lowest BCUT2D eigenvalue weighted by Gasteiger charge is -2.12. The zero-order valence-electron chi connectivity index (χ0n) is 16.7. The second-order valence-corrected chi connectivity index (χ2v) is 6.94. The topological polar surface area (TPSA) is 104 Å². The minimum absolute atomic E-state index is 0.0166. The second kappa shape index (κ2) is 9.78. The molecule has 30 heavy (non-hydrogen) atoms. The molecule has 0 amide bonds. The van der Waals surface area contributed by atoms with Crippen molar-refractivity contribution in [3.63, 3.8) is 0 Å². The summed E-state index contributed by atoms with van der Waals surface area (Å²) in [4.78, 5) is 39.6. The molecule has 1 aromatic heterocycles. The van der Waals surface area contributed by atoms with Gasteiger partial charge in [-0.2, -0.15) is 0 Å². The van der Waals surface area contributed by atoms with Gasteiger partial charge in [0.25, 0.3) is 11.2 Å². The standard InChI is InChI=1S/C22H23N3O5/c1-2-3-14-24-20-7-5-4-6-18(20)23-19(22(24)27)12-13-21(26)30-15-16-8-10-17(11-9-16)25(28)29/h4-11H,2-3,12-15H2,1H3. The lowest BCUT2D eigenvalue weighted by molar-refractivity contribution is -0.384. The van der Waals surface area contributed by atoms with Gasteiger partial charge in [-0.05, 0) is 36.2 Å². The highest BCUT2D eigenvalue weighted by Crippen LogP contribution is 2.14. The van der Waals surface area contributed by atoms with Crippen LogP contribution >= 0.6 is 0 Å². The molecule has 8 nitrogen and oxygen atoms in total. The van der Waals surface area contributed by atoms with E-state index in [1.165, 1.54) is 12.1 Å². The van der Waals surface area contributed by atoms with Gasteiger partial charge in [0.1, 0.15) is 12.3 Å². The van der Waals surface area contributed by atoms with Gasteiger partial charge in [0.15, 0.2) is 0 Å². The Morgan fingerprint density at radius 3 is 2.60 bits per heavy atom. The molecule has 0 aliphatic rings. The molecular formula is C22H23N3O5. The van der Waals surface area contributed by atoms with Crippen molar-refractivity contribution < 1.29 is 14.5 Å². The van der Waals surface area contributed by atoms with Gasteiger partial charge >= 0.3 is 5.97 Å². The highest BCUT2D eigenvalue weighted by molar-refractivity contribution is 5.75. The number of rotatable bonds is 9. The van der Waals surface area contributed by atoms with Crippen molar-refractivity contribution >= 4 is 22.7 Å². The number of hydrogen-bond donors (Lipinski definition) is 0. The Morgan fingerprint density at radius 2 is 1.90 bits per heavy atom. The maximum atomic E-state index is 12.9. The number of aromatic nitrogens is 2. The van der Waals surface area contributed by atoms with Gasteiger partial charge in [-0.3, -0.25) is 19.7 Å². The third kappa shape index (κ3) is 5.08. The molecule has 156 valence electrons. The molecule has 2 aromatic carbocycles. The van der Waals surface area contributed by atoms with Gasteiger partial charge in [-0.15, -0.1) is 0 Å². The molecule has 8 heteroatoms. The number of hydrogen-bond acceptors (Lipinski definition) is 6. The van der Waals surface area contributed by atoms with E-state index in [2.05, 4.69) is 11.9 Å². The van der Waals surface area contributed by atoms with Crippen LogP contribution in [0.15, 0.2) is 53.3 Å². The van der Waals surface area contributed by atoms with E-state index >= 15 is 0 Å². The molecule has 0 saturated carbocycles. The summed E-state index contributed by atoms with van der Waals surface area (Å²) >= 11 is 0. The predicted octanol–water partition coefficient (Wildman–Crippen LogP) is 3.78. The quantitative estimate of drug-likeness (QED) is 0.303. The normalized spacial score (nSPS) is 10.8. The highest BCUT2D eigenvalue weighted by Gasteiger charge is 2.13. The van der Waals surface area contributed by atoms with Crippen molar-refractivity contribution in [3.8, 4) is 0 Å². The Morgan fingerprint density at radius 1 is 1.17 bits per heavy atom. The minimum atomic E-state index is -0.486. The van der Waals surface area contributed by atoms with Gasteiger partial charge in [0, 0.05) is 25.1 Å². The van der Waals surface area contributed by atoms with Crippen molar-refractivity contribution in [2.75, 3.05) is 0 Å². The lowest BCUT2D eigenvalue weighted by Crippen LogP contribution is -2.26. The van der Waals surface area contributed by atoms with Crippen LogP contribution in [0.2, 0.25) is 0 Å². The van der Waals surface area contributed by atoms with Crippen molar-refractivity contribution in [2.45, 2.75) is 45.8 Å². The molecule has 0 aliphatic carbocycles. The Bertz CT molecular complexity index is 1110. The van der Waals surface area contributed by atoms with E-state index in [1.807, 2.05) is 24.3 Å². The molecule has 0 N–H and O–H groups in total. The van der Waals surface area contributed by atoms with Gasteiger partial charge in [-0.25, -0.2) is 4.98 Å². The van der Waals surface area contributed by atoms with Crippen LogP contribution < -0.4 is 5.56 Å². The maximum absolute atomic E-state index is 12.9. The van der Waals surface area contributed by atoms with Crippen molar-refractivity contribution in [1.29, 1.82) is 0 Å². The fraction of sp³-hybridized carbons (Fsp3) is 0.318. The van der Waals surface area contributed by atoms with E-state index in [0.29, 0.717) is 17.8 Å². The number of esters is 1. The number of carbonyl (C=O) groups is 1. The first-order valence-corrected chi connectivity index (χ1v) is 9.87. The van der Waals surface area contributed by atoms with E-state index in [4.69, 9.17) is 4.74 Å². The van der Waals surface area contributed by atoms with E-state index in [9.17, 15) is 19.7 Å². The van der Waals surface area contributed by atoms with Crippen LogP contribution in [0.3, 0.4) is 0 Å². The van der Waals surface area contributed by atoms with Gasteiger partial charge < -0.3 is 9.30 Å². The van der Waals surface area contributed by atoms with E-state index in [0.717, 1.165) is 23.9 Å². The smallest absolute Gasteiger partial charge is 0.306 e. The first-order valence-electron chi connectivity index (χ1n) is 9.87. The number of para-hydroxylation sites is 2. The van der Waals surface area contributed by atoms with Crippen LogP contribution in [-0.2, 0) is 29.1 Å². The molecule has 0 spiro atoms. The summed E-state index contributed by atoms with van der Waals surface area (Å²) in [5.74, 6) is -0.456.